The van der Waals surface area contributed by atoms with Crippen molar-refractivity contribution in [2.75, 3.05) is 0 Å². The van der Waals surface area contributed by atoms with Gasteiger partial charge >= 0.3 is 6.18 Å². The second-order valence-corrected chi connectivity index (χ2v) is 6.91. The molecule has 136 valence electrons. The van der Waals surface area contributed by atoms with Gasteiger partial charge in [0.2, 0.25) is 10.0 Å². The van der Waals surface area contributed by atoms with Crippen LogP contribution in [0.4, 0.5) is 13.2 Å². The molecular formula is C17H14F3N3O2S. The van der Waals surface area contributed by atoms with Crippen LogP contribution in [0, 0.1) is 6.92 Å². The molecular weight excluding hydrogens is 367 g/mol. The van der Waals surface area contributed by atoms with Crippen molar-refractivity contribution in [3.8, 4) is 16.9 Å². The van der Waals surface area contributed by atoms with Crippen LogP contribution >= 0.6 is 0 Å². The maximum Gasteiger partial charge on any atom is 0.435 e. The fourth-order valence-electron chi connectivity index (χ4n) is 2.16. The van der Waals surface area contributed by atoms with Crippen molar-refractivity contribution < 1.29 is 27.1 Å². The third-order valence-electron chi connectivity index (χ3n) is 3.43. The number of sulfonamides is 1. The Morgan fingerprint density at radius 3 is 2.19 bits per heavy atom. The first-order valence-electron chi connectivity index (χ1n) is 9.11. The summed E-state index contributed by atoms with van der Waals surface area (Å²) in [6.45, 7) is 1.77. The molecule has 0 aliphatic heterocycles. The molecule has 5 nitrogen and oxygen atoms in total. The van der Waals surface area contributed by atoms with Crippen LogP contribution in [0.25, 0.3) is 16.9 Å². The number of nitrogens with zero attached hydrogens (tertiary/aromatic N) is 2. The van der Waals surface area contributed by atoms with Crippen molar-refractivity contribution in [2.45, 2.75) is 18.0 Å². The van der Waals surface area contributed by atoms with Gasteiger partial charge in [0.25, 0.3) is 0 Å². The van der Waals surface area contributed by atoms with E-state index in [1.54, 1.807) is 19.1 Å². The fourth-order valence-corrected chi connectivity index (χ4v) is 2.55. The first-order valence-corrected chi connectivity index (χ1v) is 8.66. The zero-order valence-electron chi connectivity index (χ0n) is 17.2. The fraction of sp³-hybridized carbons (Fsp3) is 0.118. The predicted molar refractivity (Wildman–Crippen MR) is 90.1 cm³/mol. The Bertz CT molecular complexity index is 1230. The summed E-state index contributed by atoms with van der Waals surface area (Å²) in [5.74, 6) is 0. The number of primary sulfonamides is 1. The highest BCUT2D eigenvalue weighted by molar-refractivity contribution is 7.89. The molecule has 1 aromatic heterocycles. The van der Waals surface area contributed by atoms with Gasteiger partial charge in [-0.2, -0.15) is 18.3 Å². The molecule has 0 radical (unpaired) electrons. The second-order valence-electron chi connectivity index (χ2n) is 5.41. The third kappa shape index (κ3) is 3.63. The third-order valence-corrected chi connectivity index (χ3v) is 4.21. The van der Waals surface area contributed by atoms with Crippen molar-refractivity contribution >= 4 is 10.0 Å². The topological polar surface area (TPSA) is 78.0 Å². The van der Waals surface area contributed by atoms with E-state index in [0.29, 0.717) is 10.7 Å². The molecule has 1 heterocycles. The van der Waals surface area contributed by atoms with Crippen LogP contribution in [0.15, 0.2) is 59.4 Å². The van der Waals surface area contributed by atoms with Gasteiger partial charge in [-0.3, -0.25) is 0 Å². The largest absolute Gasteiger partial charge is 0.435 e. The van der Waals surface area contributed by atoms with Crippen molar-refractivity contribution in [1.82, 2.24) is 9.78 Å². The lowest BCUT2D eigenvalue weighted by atomic mass is 10.1. The van der Waals surface area contributed by atoms with Crippen LogP contribution in [0.3, 0.4) is 0 Å². The number of hydrogen-bond acceptors (Lipinski definition) is 3. The van der Waals surface area contributed by atoms with E-state index in [-0.39, 0.29) is 11.3 Å². The highest BCUT2D eigenvalue weighted by atomic mass is 32.2. The number of halogens is 3. The second kappa shape index (κ2) is 6.26. The minimum Gasteiger partial charge on any atom is -0.233 e. The molecule has 0 atom stereocenters. The number of benzene rings is 2. The average molecular weight is 385 g/mol. The Morgan fingerprint density at radius 2 is 1.69 bits per heavy atom. The predicted octanol–water partition coefficient (Wildman–Crippen LogP) is 3.51. The van der Waals surface area contributed by atoms with E-state index in [4.69, 9.17) is 10.6 Å². The van der Waals surface area contributed by atoms with E-state index in [2.05, 4.69) is 5.10 Å². The molecule has 2 N–H and O–H groups in total. The molecule has 9 heteroatoms. The van der Waals surface area contributed by atoms with Gasteiger partial charge in [-0.25, -0.2) is 18.2 Å². The number of aromatic nitrogens is 2. The standard InChI is InChI=1S/C17H14F3N3O2S/c1-11-2-4-12(5-3-11)15-10-16(17(18,19)20)22-23(15)13-6-8-14(9-7-13)26(21,24)25/h2-10H,1H3,(H2,21,24,25)/i6D,7D,8D,9D. The van der Waals surface area contributed by atoms with Crippen LogP contribution in [-0.2, 0) is 16.2 Å². The SMILES string of the molecule is [2H]c1c([2H])c(S(N)(=O)=O)c([2H])c([2H])c1-n1nc(C(F)(F)F)cc1-c1ccc(C)cc1. The van der Waals surface area contributed by atoms with Gasteiger partial charge in [0, 0.05) is 5.56 Å². The van der Waals surface area contributed by atoms with Crippen molar-refractivity contribution in [1.29, 1.82) is 0 Å². The van der Waals surface area contributed by atoms with E-state index in [1.165, 1.54) is 12.1 Å². The Morgan fingerprint density at radius 1 is 1.12 bits per heavy atom. The lowest BCUT2D eigenvalue weighted by Gasteiger charge is -2.09. The lowest BCUT2D eigenvalue weighted by Crippen LogP contribution is -2.12. The van der Waals surface area contributed by atoms with Gasteiger partial charge in [0.15, 0.2) is 5.69 Å². The molecule has 0 aliphatic carbocycles. The molecule has 3 aromatic rings. The van der Waals surface area contributed by atoms with Gasteiger partial charge in [-0.05, 0) is 37.2 Å². The summed E-state index contributed by atoms with van der Waals surface area (Å²) < 4.78 is 95.9. The number of aryl methyl sites for hydroxylation is 1. The average Bonchev–Trinajstić information content (AvgIpc) is 3.05. The molecule has 0 amide bonds. The quantitative estimate of drug-likeness (QED) is 0.749. The highest BCUT2D eigenvalue weighted by Gasteiger charge is 2.35. The Hall–Kier alpha value is -2.65. The molecule has 0 saturated heterocycles. The molecule has 0 spiro atoms. The van der Waals surface area contributed by atoms with Crippen molar-refractivity contribution in [3.63, 3.8) is 0 Å². The van der Waals surface area contributed by atoms with E-state index < -0.39 is 56.6 Å². The normalized spacial score (nSPS) is 14.5. The molecule has 0 fully saturated rings. The smallest absolute Gasteiger partial charge is 0.233 e. The molecule has 2 aromatic carbocycles. The first kappa shape index (κ1) is 13.5. The van der Waals surface area contributed by atoms with Crippen molar-refractivity contribution in [2.24, 2.45) is 5.14 Å². The number of nitrogens with two attached hydrogens (primary N) is 1. The number of alkyl halides is 3. The summed E-state index contributed by atoms with van der Waals surface area (Å²) in [5.41, 5.74) is -0.987. The summed E-state index contributed by atoms with van der Waals surface area (Å²) in [6.07, 6.45) is -4.84. The van der Waals surface area contributed by atoms with E-state index >= 15 is 0 Å². The van der Waals surface area contributed by atoms with Crippen LogP contribution in [0.5, 0.6) is 0 Å². The summed E-state index contributed by atoms with van der Waals surface area (Å²) in [4.78, 5) is -1.05. The zero-order valence-corrected chi connectivity index (χ0v) is 14.0. The molecule has 0 unspecified atom stereocenters. The maximum absolute atomic E-state index is 13.3. The summed E-state index contributed by atoms with van der Waals surface area (Å²) in [6, 6.07) is 3.20. The Balaban J connectivity index is 2.41. The summed E-state index contributed by atoms with van der Waals surface area (Å²) >= 11 is 0. The van der Waals surface area contributed by atoms with Crippen molar-refractivity contribution in [3.05, 3.63) is 65.8 Å². The van der Waals surface area contributed by atoms with E-state index in [0.717, 1.165) is 5.56 Å². The maximum atomic E-state index is 13.3. The number of rotatable bonds is 3. The van der Waals surface area contributed by atoms with Crippen LogP contribution in [-0.4, -0.2) is 18.2 Å². The Labute approximate surface area is 153 Å². The van der Waals surface area contributed by atoms with Gasteiger partial charge in [0.1, 0.15) is 0 Å². The lowest BCUT2D eigenvalue weighted by molar-refractivity contribution is -0.141. The molecule has 0 bridgehead atoms. The molecule has 0 aliphatic rings. The van der Waals surface area contributed by atoms with Gasteiger partial charge in [-0.15, -0.1) is 0 Å². The van der Waals surface area contributed by atoms with Gasteiger partial charge < -0.3 is 0 Å². The van der Waals surface area contributed by atoms with Crippen LogP contribution in [0.2, 0.25) is 0 Å². The zero-order chi connectivity index (χ0) is 22.6. The van der Waals surface area contributed by atoms with E-state index in [1.807, 2.05) is 0 Å². The Kier molecular flexibility index (Phi) is 3.26. The minimum absolute atomic E-state index is 0.147. The molecule has 26 heavy (non-hydrogen) atoms. The summed E-state index contributed by atoms with van der Waals surface area (Å²) in [5, 5.41) is 8.43. The first-order chi connectivity index (χ1) is 13.7. The highest BCUT2D eigenvalue weighted by Crippen LogP contribution is 2.33. The monoisotopic (exact) mass is 385 g/mol. The summed E-state index contributed by atoms with van der Waals surface area (Å²) in [7, 11) is -4.62. The van der Waals surface area contributed by atoms with E-state index in [9.17, 15) is 21.6 Å². The van der Waals surface area contributed by atoms with Crippen LogP contribution < -0.4 is 5.14 Å². The number of hydrogen-bond donors (Lipinski definition) is 1. The minimum atomic E-state index is -4.84. The van der Waals surface area contributed by atoms with Gasteiger partial charge in [-0.1, -0.05) is 29.8 Å². The van der Waals surface area contributed by atoms with Crippen LogP contribution in [0.1, 0.15) is 16.7 Å². The van der Waals surface area contributed by atoms with Gasteiger partial charge in [0.05, 0.1) is 21.8 Å². The molecule has 0 saturated carbocycles. The molecule has 3 rings (SSSR count).